The van der Waals surface area contributed by atoms with Gasteiger partial charge in [-0.15, -0.1) is 0 Å². The Hall–Kier alpha value is -1.75. The number of hydrogen-bond acceptors (Lipinski definition) is 3. The first-order chi connectivity index (χ1) is 10.5. The zero-order valence-corrected chi connectivity index (χ0v) is 13.1. The Kier molecular flexibility index (Phi) is 5.66. The molecule has 2 aromatic carbocycles. The monoisotopic (exact) mass is 339 g/mol. The molecule has 0 radical (unpaired) electrons. The Balaban J connectivity index is 1.88. The van der Waals surface area contributed by atoms with E-state index in [-0.39, 0.29) is 24.6 Å². The van der Waals surface area contributed by atoms with Gasteiger partial charge in [0.2, 0.25) is 5.91 Å². The number of phenols is 1. The molecule has 2 rings (SSSR count). The zero-order chi connectivity index (χ0) is 16.1. The molecule has 0 saturated heterocycles. The van der Waals surface area contributed by atoms with E-state index < -0.39 is 6.10 Å². The first-order valence-corrected chi connectivity index (χ1v) is 7.39. The van der Waals surface area contributed by atoms with Gasteiger partial charge in [0.05, 0.1) is 12.5 Å². The van der Waals surface area contributed by atoms with Crippen LogP contribution in [0.1, 0.15) is 17.2 Å². The van der Waals surface area contributed by atoms with Crippen molar-refractivity contribution in [3.05, 3.63) is 63.6 Å². The number of amides is 1. The summed E-state index contributed by atoms with van der Waals surface area (Å²) in [7, 11) is 0. The predicted octanol–water partition coefficient (Wildman–Crippen LogP) is 3.09. The minimum Gasteiger partial charge on any atom is -0.508 e. The van der Waals surface area contributed by atoms with Gasteiger partial charge < -0.3 is 15.5 Å². The van der Waals surface area contributed by atoms with Crippen molar-refractivity contribution in [3.8, 4) is 5.75 Å². The second kappa shape index (κ2) is 7.49. The van der Waals surface area contributed by atoms with Crippen LogP contribution in [0.3, 0.4) is 0 Å². The number of nitrogens with one attached hydrogen (secondary N) is 1. The van der Waals surface area contributed by atoms with Crippen LogP contribution in [-0.4, -0.2) is 22.7 Å². The number of rotatable bonds is 5. The molecule has 6 heteroatoms. The highest BCUT2D eigenvalue weighted by molar-refractivity contribution is 6.31. The Morgan fingerprint density at radius 1 is 1.14 bits per heavy atom. The number of carbonyl (C=O) groups excluding carboxylic acids is 1. The first-order valence-electron chi connectivity index (χ1n) is 6.63. The van der Waals surface area contributed by atoms with Crippen LogP contribution in [-0.2, 0) is 11.2 Å². The lowest BCUT2D eigenvalue weighted by molar-refractivity contribution is -0.120. The summed E-state index contributed by atoms with van der Waals surface area (Å²) in [5.41, 5.74) is 1.28. The van der Waals surface area contributed by atoms with Crippen molar-refractivity contribution in [2.45, 2.75) is 12.5 Å². The summed E-state index contributed by atoms with van der Waals surface area (Å²) in [4.78, 5) is 11.9. The van der Waals surface area contributed by atoms with Gasteiger partial charge in [-0.05, 0) is 35.4 Å². The molecule has 0 heterocycles. The van der Waals surface area contributed by atoms with Crippen LogP contribution >= 0.6 is 23.2 Å². The fourth-order valence-electron chi connectivity index (χ4n) is 1.93. The molecule has 0 aromatic heterocycles. The number of halogens is 2. The number of aliphatic hydroxyl groups excluding tert-OH is 1. The smallest absolute Gasteiger partial charge is 0.224 e. The molecule has 1 amide bonds. The quantitative estimate of drug-likeness (QED) is 0.783. The fourth-order valence-corrected chi connectivity index (χ4v) is 2.30. The van der Waals surface area contributed by atoms with Gasteiger partial charge in [-0.3, -0.25) is 4.79 Å². The third kappa shape index (κ3) is 4.63. The van der Waals surface area contributed by atoms with E-state index in [0.717, 1.165) is 0 Å². The summed E-state index contributed by atoms with van der Waals surface area (Å²) in [5, 5.41) is 22.8. The molecule has 0 aliphatic heterocycles. The van der Waals surface area contributed by atoms with Gasteiger partial charge in [0.1, 0.15) is 5.75 Å². The van der Waals surface area contributed by atoms with Crippen LogP contribution in [0.15, 0.2) is 42.5 Å². The number of hydrogen-bond donors (Lipinski definition) is 3. The van der Waals surface area contributed by atoms with E-state index in [1.165, 1.54) is 12.1 Å². The highest BCUT2D eigenvalue weighted by atomic mass is 35.5. The van der Waals surface area contributed by atoms with Crippen molar-refractivity contribution in [3.63, 3.8) is 0 Å². The van der Waals surface area contributed by atoms with Crippen molar-refractivity contribution in [2.24, 2.45) is 0 Å². The van der Waals surface area contributed by atoms with Gasteiger partial charge in [-0.1, -0.05) is 41.4 Å². The van der Waals surface area contributed by atoms with Gasteiger partial charge in [-0.2, -0.15) is 0 Å². The maximum Gasteiger partial charge on any atom is 0.224 e. The second-order valence-corrected chi connectivity index (χ2v) is 5.67. The zero-order valence-electron chi connectivity index (χ0n) is 11.6. The van der Waals surface area contributed by atoms with Crippen LogP contribution in [0.4, 0.5) is 0 Å². The third-order valence-electron chi connectivity index (χ3n) is 3.14. The number of benzene rings is 2. The van der Waals surface area contributed by atoms with Crippen LogP contribution in [0.2, 0.25) is 10.0 Å². The normalized spacial score (nSPS) is 12.0. The van der Waals surface area contributed by atoms with Crippen molar-refractivity contribution in [1.29, 1.82) is 0 Å². The SMILES string of the molecule is O=C(Cc1ccc(O)cc1Cl)NCC(O)c1ccc(Cl)cc1. The molecular formula is C16H15Cl2NO3. The van der Waals surface area contributed by atoms with Crippen molar-refractivity contribution in [1.82, 2.24) is 5.32 Å². The minimum atomic E-state index is -0.809. The van der Waals surface area contributed by atoms with Gasteiger partial charge >= 0.3 is 0 Å². The predicted molar refractivity (Wildman–Crippen MR) is 86.2 cm³/mol. The molecule has 22 heavy (non-hydrogen) atoms. The maximum atomic E-state index is 11.9. The largest absolute Gasteiger partial charge is 0.508 e. The molecule has 0 spiro atoms. The molecule has 0 bridgehead atoms. The molecule has 0 saturated carbocycles. The summed E-state index contributed by atoms with van der Waals surface area (Å²) in [5.74, 6) is -0.215. The molecule has 0 aliphatic carbocycles. The molecule has 3 N–H and O–H groups in total. The molecule has 116 valence electrons. The minimum absolute atomic E-state index is 0.0484. The number of aromatic hydroxyl groups is 1. The van der Waals surface area contributed by atoms with E-state index >= 15 is 0 Å². The number of carbonyl (C=O) groups is 1. The van der Waals surface area contributed by atoms with E-state index in [2.05, 4.69) is 5.32 Å². The lowest BCUT2D eigenvalue weighted by atomic mass is 10.1. The average Bonchev–Trinajstić information content (AvgIpc) is 2.48. The topological polar surface area (TPSA) is 69.6 Å². The summed E-state index contributed by atoms with van der Waals surface area (Å²) in [6, 6.07) is 11.2. The molecule has 0 aliphatic rings. The van der Waals surface area contributed by atoms with E-state index in [1.54, 1.807) is 30.3 Å². The molecule has 0 fully saturated rings. The Morgan fingerprint density at radius 3 is 2.45 bits per heavy atom. The first kappa shape index (κ1) is 16.6. The average molecular weight is 340 g/mol. The van der Waals surface area contributed by atoms with Gasteiger partial charge in [-0.25, -0.2) is 0 Å². The fraction of sp³-hybridized carbons (Fsp3) is 0.188. The van der Waals surface area contributed by atoms with E-state index in [1.807, 2.05) is 0 Å². The standard InChI is InChI=1S/C16H15Cl2NO3/c17-12-4-1-10(2-5-12)15(21)9-19-16(22)7-11-3-6-13(20)8-14(11)18/h1-6,8,15,20-21H,7,9H2,(H,19,22). The second-order valence-electron chi connectivity index (χ2n) is 4.82. The molecule has 1 atom stereocenters. The van der Waals surface area contributed by atoms with E-state index in [0.29, 0.717) is 21.2 Å². The molecule has 2 aromatic rings. The van der Waals surface area contributed by atoms with Gasteiger partial charge in [0.25, 0.3) is 0 Å². The lowest BCUT2D eigenvalue weighted by Gasteiger charge is -2.13. The summed E-state index contributed by atoms with van der Waals surface area (Å²) in [6.45, 7) is 0.0934. The Morgan fingerprint density at radius 2 is 1.82 bits per heavy atom. The van der Waals surface area contributed by atoms with Gasteiger partial charge in [0.15, 0.2) is 0 Å². The van der Waals surface area contributed by atoms with Crippen LogP contribution in [0.5, 0.6) is 5.75 Å². The Labute approximate surface area is 138 Å². The van der Waals surface area contributed by atoms with Crippen molar-refractivity contribution < 1.29 is 15.0 Å². The molecule has 4 nitrogen and oxygen atoms in total. The number of aliphatic hydroxyl groups is 1. The van der Waals surface area contributed by atoms with E-state index in [4.69, 9.17) is 23.2 Å². The van der Waals surface area contributed by atoms with Crippen molar-refractivity contribution >= 4 is 29.1 Å². The number of phenolic OH excluding ortho intramolecular Hbond substituents is 1. The molecular weight excluding hydrogens is 325 g/mol. The summed E-state index contributed by atoms with van der Waals surface area (Å²) < 4.78 is 0. The van der Waals surface area contributed by atoms with Crippen LogP contribution in [0.25, 0.3) is 0 Å². The highest BCUT2D eigenvalue weighted by Crippen LogP contribution is 2.22. The van der Waals surface area contributed by atoms with Crippen molar-refractivity contribution in [2.75, 3.05) is 6.54 Å². The Bertz CT molecular complexity index is 659. The highest BCUT2D eigenvalue weighted by Gasteiger charge is 2.11. The molecule has 1 unspecified atom stereocenters. The summed E-state index contributed by atoms with van der Waals surface area (Å²) in [6.07, 6.45) is -0.733. The van der Waals surface area contributed by atoms with Gasteiger partial charge in [0, 0.05) is 16.6 Å². The van der Waals surface area contributed by atoms with Crippen LogP contribution in [0, 0.1) is 0 Å². The lowest BCUT2D eigenvalue weighted by Crippen LogP contribution is -2.29. The van der Waals surface area contributed by atoms with E-state index in [9.17, 15) is 15.0 Å². The van der Waals surface area contributed by atoms with Crippen LogP contribution < -0.4 is 5.32 Å². The maximum absolute atomic E-state index is 11.9. The summed E-state index contributed by atoms with van der Waals surface area (Å²) >= 11 is 11.7. The third-order valence-corrected chi connectivity index (χ3v) is 3.74.